The van der Waals surface area contributed by atoms with Crippen molar-refractivity contribution in [2.75, 3.05) is 32.7 Å². The summed E-state index contributed by atoms with van der Waals surface area (Å²) in [5.74, 6) is 1.93. The Balaban J connectivity index is 1.40. The molecule has 0 aromatic rings. The maximum Gasteiger partial charge on any atom is 0.0310 e. The van der Waals surface area contributed by atoms with E-state index >= 15 is 0 Å². The van der Waals surface area contributed by atoms with Gasteiger partial charge in [0.15, 0.2) is 0 Å². The Bertz CT molecular complexity index is 637. The minimum Gasteiger partial charge on any atom is -0.302 e. The smallest absolute Gasteiger partial charge is 0.0310 e. The highest BCUT2D eigenvalue weighted by atomic mass is 15.2. The summed E-state index contributed by atoms with van der Waals surface area (Å²) in [6, 6.07) is 0.776. The fourth-order valence-corrected chi connectivity index (χ4v) is 8.16. The van der Waals surface area contributed by atoms with E-state index in [1.807, 2.05) is 5.57 Å². The monoisotopic (exact) mass is 424 g/mol. The number of piperidine rings is 2. The third kappa shape index (κ3) is 5.16. The molecule has 4 fully saturated rings. The molecule has 4 bridgehead atoms. The Morgan fingerprint density at radius 1 is 0.774 bits per heavy atom. The Kier molecular flexibility index (Phi) is 7.56. The van der Waals surface area contributed by atoms with Crippen LogP contribution in [-0.2, 0) is 0 Å². The minimum absolute atomic E-state index is 0.591. The zero-order chi connectivity index (χ0) is 20.9. The van der Waals surface area contributed by atoms with E-state index in [0.29, 0.717) is 5.41 Å². The molecule has 5 atom stereocenters. The van der Waals surface area contributed by atoms with Crippen molar-refractivity contribution in [2.24, 2.45) is 17.3 Å². The molecule has 5 aliphatic rings. The molecule has 0 aromatic heterocycles. The fraction of sp³-hybridized carbons (Fsp3) is 0.862. The average Bonchev–Trinajstić information content (AvgIpc) is 2.82. The van der Waals surface area contributed by atoms with Crippen LogP contribution in [0.15, 0.2) is 23.8 Å². The number of rotatable bonds is 0. The zero-order valence-corrected chi connectivity index (χ0v) is 20.2. The molecule has 1 aliphatic carbocycles. The van der Waals surface area contributed by atoms with Crippen LogP contribution >= 0.6 is 0 Å². The summed E-state index contributed by atoms with van der Waals surface area (Å²) >= 11 is 0. The van der Waals surface area contributed by atoms with Crippen LogP contribution in [0.1, 0.15) is 103 Å². The zero-order valence-electron chi connectivity index (χ0n) is 20.2. The van der Waals surface area contributed by atoms with Crippen molar-refractivity contribution in [3.63, 3.8) is 0 Å². The van der Waals surface area contributed by atoms with Crippen molar-refractivity contribution in [3.8, 4) is 0 Å². The van der Waals surface area contributed by atoms with E-state index in [0.717, 1.165) is 17.9 Å². The maximum absolute atomic E-state index is 3.00. The van der Waals surface area contributed by atoms with Crippen molar-refractivity contribution in [1.82, 2.24) is 9.80 Å². The highest BCUT2D eigenvalue weighted by Gasteiger charge is 2.55. The molecule has 3 saturated heterocycles. The van der Waals surface area contributed by atoms with Gasteiger partial charge in [0.2, 0.25) is 0 Å². The van der Waals surface area contributed by atoms with E-state index in [2.05, 4.69) is 28.0 Å². The third-order valence-electron chi connectivity index (χ3n) is 9.65. The topological polar surface area (TPSA) is 6.48 Å². The van der Waals surface area contributed by atoms with Crippen LogP contribution in [0.5, 0.6) is 0 Å². The van der Waals surface area contributed by atoms with Crippen molar-refractivity contribution in [2.45, 2.75) is 109 Å². The molecule has 4 aliphatic heterocycles. The lowest BCUT2D eigenvalue weighted by molar-refractivity contribution is -0.109. The Labute approximate surface area is 192 Å². The number of hydrogen-bond acceptors (Lipinski definition) is 2. The summed E-state index contributed by atoms with van der Waals surface area (Å²) in [5.41, 5.74) is 2.41. The van der Waals surface area contributed by atoms with Gasteiger partial charge in [-0.05, 0) is 81.7 Å². The number of hydrogen-bond donors (Lipinski definition) is 0. The normalized spacial score (nSPS) is 43.5. The Morgan fingerprint density at radius 3 is 2.42 bits per heavy atom. The summed E-state index contributed by atoms with van der Waals surface area (Å²) in [4.78, 5) is 5.95. The molecule has 2 nitrogen and oxygen atoms in total. The first kappa shape index (κ1) is 22.2. The van der Waals surface area contributed by atoms with Gasteiger partial charge in [0.1, 0.15) is 0 Å². The average molecular weight is 425 g/mol. The second-order valence-corrected chi connectivity index (χ2v) is 11.8. The Morgan fingerprint density at radius 2 is 1.55 bits per heavy atom. The maximum atomic E-state index is 3.00. The number of nitrogens with zero attached hydrogens (tertiary/aromatic N) is 2. The highest BCUT2D eigenvalue weighted by molar-refractivity contribution is 5.23. The summed E-state index contributed by atoms with van der Waals surface area (Å²) < 4.78 is 0. The lowest BCUT2D eigenvalue weighted by Gasteiger charge is -2.62. The van der Waals surface area contributed by atoms with E-state index in [1.54, 1.807) is 0 Å². The standard InChI is InChI=1S/C29H48N2/c1-2-5-9-13-17-29-23-30(18-14-10-6-3-1)22-26-20-25-16-12-8-4-7-11-15-19-31(24-29)28(25)21-27(26)29/h4,8,16,26-28H,1-3,5-7,9-15,17-24H2/b8-4+,25-16-/t26-,27-,28+,29-/m1/s1. The number of fused-ring (bicyclic) bond motifs is 1. The van der Waals surface area contributed by atoms with Crippen LogP contribution in [0.25, 0.3) is 0 Å². The van der Waals surface area contributed by atoms with Gasteiger partial charge in [-0.25, -0.2) is 0 Å². The van der Waals surface area contributed by atoms with Crippen LogP contribution in [0.3, 0.4) is 0 Å². The molecule has 0 N–H and O–H groups in total. The summed E-state index contributed by atoms with van der Waals surface area (Å²) in [6.45, 7) is 6.93. The van der Waals surface area contributed by atoms with Gasteiger partial charge in [-0.2, -0.15) is 0 Å². The molecule has 0 aromatic carbocycles. The number of allylic oxidation sites excluding steroid dienone is 3. The van der Waals surface area contributed by atoms with Crippen LogP contribution in [0.2, 0.25) is 0 Å². The first-order valence-electron chi connectivity index (χ1n) is 14.1. The van der Waals surface area contributed by atoms with E-state index in [9.17, 15) is 0 Å². The molecular formula is C29H48N2. The van der Waals surface area contributed by atoms with Gasteiger partial charge in [0, 0.05) is 25.7 Å². The van der Waals surface area contributed by atoms with Crippen molar-refractivity contribution < 1.29 is 0 Å². The molecule has 4 heterocycles. The van der Waals surface area contributed by atoms with Gasteiger partial charge < -0.3 is 4.90 Å². The van der Waals surface area contributed by atoms with E-state index in [-0.39, 0.29) is 0 Å². The highest BCUT2D eigenvalue weighted by Crippen LogP contribution is 2.55. The molecule has 0 radical (unpaired) electrons. The van der Waals surface area contributed by atoms with Crippen molar-refractivity contribution >= 4 is 0 Å². The van der Waals surface area contributed by atoms with Crippen LogP contribution in [0.4, 0.5) is 0 Å². The third-order valence-corrected chi connectivity index (χ3v) is 9.65. The molecular weight excluding hydrogens is 376 g/mol. The van der Waals surface area contributed by atoms with Gasteiger partial charge in [-0.15, -0.1) is 0 Å². The first-order valence-corrected chi connectivity index (χ1v) is 14.1. The van der Waals surface area contributed by atoms with Crippen molar-refractivity contribution in [1.29, 1.82) is 0 Å². The molecule has 2 heteroatoms. The van der Waals surface area contributed by atoms with Crippen molar-refractivity contribution in [3.05, 3.63) is 23.8 Å². The lowest BCUT2D eigenvalue weighted by atomic mass is 9.54. The first-order chi connectivity index (χ1) is 15.3. The minimum atomic E-state index is 0.591. The quantitative estimate of drug-likeness (QED) is 0.387. The molecule has 1 saturated carbocycles. The largest absolute Gasteiger partial charge is 0.302 e. The van der Waals surface area contributed by atoms with E-state index in [1.165, 1.54) is 135 Å². The molecule has 0 amide bonds. The predicted molar refractivity (Wildman–Crippen MR) is 132 cm³/mol. The van der Waals surface area contributed by atoms with E-state index < -0.39 is 0 Å². The predicted octanol–water partition coefficient (Wildman–Crippen LogP) is 6.97. The van der Waals surface area contributed by atoms with Crippen LogP contribution in [-0.4, -0.2) is 48.6 Å². The molecule has 1 unspecified atom stereocenters. The van der Waals surface area contributed by atoms with Crippen LogP contribution < -0.4 is 0 Å². The van der Waals surface area contributed by atoms with Gasteiger partial charge in [-0.3, -0.25) is 4.90 Å². The SMILES string of the molecule is C1=C2/C[C@@H]3CN4CCCCCCCCCCC[C@@]5(C4)CN(CCCC/C=C/C/1)[C@H]2C[C@H]35. The van der Waals surface area contributed by atoms with Gasteiger partial charge in [-0.1, -0.05) is 75.2 Å². The molecule has 1 spiro atoms. The summed E-state index contributed by atoms with van der Waals surface area (Å²) in [5, 5.41) is 0. The van der Waals surface area contributed by atoms with Gasteiger partial charge in [0.05, 0.1) is 0 Å². The van der Waals surface area contributed by atoms with Crippen LogP contribution in [0, 0.1) is 17.3 Å². The molecule has 31 heavy (non-hydrogen) atoms. The Hall–Kier alpha value is -0.600. The fourth-order valence-electron chi connectivity index (χ4n) is 8.16. The summed E-state index contributed by atoms with van der Waals surface area (Å²) in [7, 11) is 0. The summed E-state index contributed by atoms with van der Waals surface area (Å²) in [6.07, 6.45) is 30.4. The van der Waals surface area contributed by atoms with Gasteiger partial charge in [0.25, 0.3) is 0 Å². The molecule has 5 rings (SSSR count). The molecule has 174 valence electrons. The second kappa shape index (κ2) is 10.6. The van der Waals surface area contributed by atoms with E-state index in [4.69, 9.17) is 0 Å². The lowest BCUT2D eigenvalue weighted by Crippen LogP contribution is -2.66. The second-order valence-electron chi connectivity index (χ2n) is 11.8. The van der Waals surface area contributed by atoms with Gasteiger partial charge >= 0.3 is 0 Å².